The van der Waals surface area contributed by atoms with Gasteiger partial charge in [0.05, 0.1) is 28.1 Å². The predicted molar refractivity (Wildman–Crippen MR) is 232 cm³/mol. The summed E-state index contributed by atoms with van der Waals surface area (Å²) in [6, 6.07) is 62.6. The Kier molecular flexibility index (Phi) is 8.49. The fraction of sp³-hybridized carbons (Fsp3) is 0.0392. The van der Waals surface area contributed by atoms with Gasteiger partial charge in [-0.1, -0.05) is 146 Å². The summed E-state index contributed by atoms with van der Waals surface area (Å²) in [7, 11) is 0. The normalized spacial score (nSPS) is 11.3. The second-order valence-electron chi connectivity index (χ2n) is 14.3. The summed E-state index contributed by atoms with van der Waals surface area (Å²) in [5, 5.41) is 2.37. The summed E-state index contributed by atoms with van der Waals surface area (Å²) >= 11 is 0. The van der Waals surface area contributed by atoms with Crippen LogP contribution in [-0.2, 0) is 0 Å². The molecule has 270 valence electrons. The first-order chi connectivity index (χ1) is 28.1. The van der Waals surface area contributed by atoms with E-state index in [1.54, 1.807) is 0 Å². The molecule has 3 aromatic heterocycles. The molecule has 0 saturated heterocycles. The van der Waals surface area contributed by atoms with Gasteiger partial charge in [0.25, 0.3) is 0 Å². The van der Waals surface area contributed by atoms with Gasteiger partial charge >= 0.3 is 0 Å². The van der Waals surface area contributed by atoms with Crippen molar-refractivity contribution >= 4 is 21.8 Å². The third kappa shape index (κ3) is 6.43. The lowest BCUT2D eigenvalue weighted by molar-refractivity contribution is 1.06. The molecule has 0 aliphatic rings. The maximum absolute atomic E-state index is 5.25. The van der Waals surface area contributed by atoms with E-state index >= 15 is 0 Å². The summed E-state index contributed by atoms with van der Waals surface area (Å²) in [6.45, 7) is 4.28. The third-order valence-corrected chi connectivity index (χ3v) is 10.4. The topological polar surface area (TPSA) is 69.4 Å². The molecule has 10 rings (SSSR count). The molecule has 0 amide bonds. The molecule has 0 radical (unpaired) electrons. The van der Waals surface area contributed by atoms with Crippen LogP contribution in [0.4, 0.5) is 0 Å². The van der Waals surface area contributed by atoms with Gasteiger partial charge in [-0.3, -0.25) is 0 Å². The standard InChI is InChI=1S/C51H36N6/c1-33-23-26-40-41-27-24-34(2)30-47(41)57(46(40)29-33)45-28-25-39(50-52-43(35-15-7-3-8-16-35)32-44(53-50)36-17-9-4-10-18-36)31-42(45)51-55-48(37-19-11-5-12-20-37)54-49(56-51)38-21-13-6-14-22-38/h3-32H,1-2H3. The summed E-state index contributed by atoms with van der Waals surface area (Å²) in [5.74, 6) is 2.35. The van der Waals surface area contributed by atoms with Gasteiger partial charge in [-0.15, -0.1) is 0 Å². The Bertz CT molecular complexity index is 2890. The minimum absolute atomic E-state index is 0.553. The van der Waals surface area contributed by atoms with Gasteiger partial charge in [0.2, 0.25) is 0 Å². The molecule has 0 aliphatic carbocycles. The highest BCUT2D eigenvalue weighted by Crippen LogP contribution is 2.39. The number of aromatic nitrogens is 6. The molecule has 0 atom stereocenters. The van der Waals surface area contributed by atoms with Crippen molar-refractivity contribution in [1.82, 2.24) is 29.5 Å². The van der Waals surface area contributed by atoms with Crippen molar-refractivity contribution in [2.24, 2.45) is 0 Å². The number of nitrogens with zero attached hydrogens (tertiary/aromatic N) is 6. The number of rotatable bonds is 7. The number of benzene rings is 7. The van der Waals surface area contributed by atoms with Crippen molar-refractivity contribution in [3.05, 3.63) is 193 Å². The quantitative estimate of drug-likeness (QED) is 0.163. The van der Waals surface area contributed by atoms with Gasteiger partial charge in [-0.05, 0) is 61.4 Å². The Morgan fingerprint density at radius 1 is 0.333 bits per heavy atom. The van der Waals surface area contributed by atoms with Gasteiger partial charge < -0.3 is 4.57 Å². The molecule has 57 heavy (non-hydrogen) atoms. The number of aryl methyl sites for hydroxylation is 2. The van der Waals surface area contributed by atoms with Gasteiger partial charge in [0.15, 0.2) is 23.3 Å². The van der Waals surface area contributed by atoms with Gasteiger partial charge in [0, 0.05) is 44.2 Å². The zero-order valence-electron chi connectivity index (χ0n) is 31.5. The lowest BCUT2D eigenvalue weighted by atomic mass is 10.0. The maximum Gasteiger partial charge on any atom is 0.166 e. The van der Waals surface area contributed by atoms with Crippen LogP contribution in [0.15, 0.2) is 182 Å². The number of hydrogen-bond donors (Lipinski definition) is 0. The van der Waals surface area contributed by atoms with Crippen molar-refractivity contribution in [3.63, 3.8) is 0 Å². The SMILES string of the molecule is Cc1ccc2c3ccc(C)cc3n(-c3ccc(-c4nc(-c5ccccc5)cc(-c5ccccc5)n4)cc3-c3nc(-c4ccccc4)nc(-c4ccccc4)n3)c2c1. The van der Waals surface area contributed by atoms with Crippen molar-refractivity contribution in [2.75, 3.05) is 0 Å². The van der Waals surface area contributed by atoms with Crippen LogP contribution in [0.2, 0.25) is 0 Å². The Labute approximate surface area is 330 Å². The highest BCUT2D eigenvalue weighted by atomic mass is 15.1. The summed E-state index contributed by atoms with van der Waals surface area (Å²) in [4.78, 5) is 26.0. The predicted octanol–water partition coefficient (Wildman–Crippen LogP) is 12.4. The van der Waals surface area contributed by atoms with Crippen LogP contribution < -0.4 is 0 Å². The van der Waals surface area contributed by atoms with Crippen LogP contribution in [0.3, 0.4) is 0 Å². The van der Waals surface area contributed by atoms with Gasteiger partial charge in [-0.25, -0.2) is 24.9 Å². The van der Waals surface area contributed by atoms with Crippen LogP contribution in [0, 0.1) is 13.8 Å². The van der Waals surface area contributed by atoms with E-state index in [9.17, 15) is 0 Å². The molecule has 0 spiro atoms. The van der Waals surface area contributed by atoms with E-state index in [0.29, 0.717) is 23.3 Å². The van der Waals surface area contributed by atoms with E-state index in [1.807, 2.05) is 97.1 Å². The minimum Gasteiger partial charge on any atom is -0.308 e. The van der Waals surface area contributed by atoms with Crippen LogP contribution in [0.25, 0.3) is 95.6 Å². The lowest BCUT2D eigenvalue weighted by Crippen LogP contribution is -2.04. The fourth-order valence-corrected chi connectivity index (χ4v) is 7.57. The maximum atomic E-state index is 5.25. The second kappa shape index (κ2) is 14.3. The highest BCUT2D eigenvalue weighted by molar-refractivity contribution is 6.10. The average Bonchev–Trinajstić information content (AvgIpc) is 3.59. The van der Waals surface area contributed by atoms with Gasteiger partial charge in [0.1, 0.15) is 0 Å². The number of fused-ring (bicyclic) bond motifs is 3. The highest BCUT2D eigenvalue weighted by Gasteiger charge is 2.22. The number of hydrogen-bond acceptors (Lipinski definition) is 5. The van der Waals surface area contributed by atoms with Crippen LogP contribution in [-0.4, -0.2) is 29.5 Å². The summed E-state index contributed by atoms with van der Waals surface area (Å²) in [6.07, 6.45) is 0. The molecule has 10 aromatic rings. The van der Waals surface area contributed by atoms with E-state index in [4.69, 9.17) is 24.9 Å². The smallest absolute Gasteiger partial charge is 0.166 e. The van der Waals surface area contributed by atoms with E-state index in [0.717, 1.165) is 61.5 Å². The van der Waals surface area contributed by atoms with E-state index in [-0.39, 0.29) is 0 Å². The fourth-order valence-electron chi connectivity index (χ4n) is 7.57. The molecule has 0 unspecified atom stereocenters. The van der Waals surface area contributed by atoms with E-state index in [1.165, 1.54) is 21.9 Å². The Hall–Kier alpha value is -7.57. The average molecular weight is 733 g/mol. The van der Waals surface area contributed by atoms with Gasteiger partial charge in [-0.2, -0.15) is 0 Å². The molecule has 7 aromatic carbocycles. The largest absolute Gasteiger partial charge is 0.308 e. The first-order valence-electron chi connectivity index (χ1n) is 19.1. The molecule has 0 fully saturated rings. The zero-order chi connectivity index (χ0) is 38.3. The summed E-state index contributed by atoms with van der Waals surface area (Å²) in [5.41, 5.74) is 12.7. The minimum atomic E-state index is 0.553. The summed E-state index contributed by atoms with van der Waals surface area (Å²) < 4.78 is 2.36. The first-order valence-corrected chi connectivity index (χ1v) is 19.1. The Morgan fingerprint density at radius 2 is 0.754 bits per heavy atom. The Morgan fingerprint density at radius 3 is 1.23 bits per heavy atom. The van der Waals surface area contributed by atoms with Crippen molar-refractivity contribution in [3.8, 4) is 73.8 Å². The van der Waals surface area contributed by atoms with Crippen LogP contribution >= 0.6 is 0 Å². The van der Waals surface area contributed by atoms with Crippen LogP contribution in [0.5, 0.6) is 0 Å². The lowest BCUT2D eigenvalue weighted by Gasteiger charge is -2.17. The molecule has 3 heterocycles. The molecule has 0 bridgehead atoms. The van der Waals surface area contributed by atoms with E-state index in [2.05, 4.69) is 103 Å². The van der Waals surface area contributed by atoms with Crippen molar-refractivity contribution in [2.45, 2.75) is 13.8 Å². The monoisotopic (exact) mass is 732 g/mol. The van der Waals surface area contributed by atoms with E-state index < -0.39 is 0 Å². The molecule has 0 aliphatic heterocycles. The molecule has 6 nitrogen and oxygen atoms in total. The van der Waals surface area contributed by atoms with Crippen molar-refractivity contribution < 1.29 is 0 Å². The third-order valence-electron chi connectivity index (χ3n) is 10.4. The van der Waals surface area contributed by atoms with Crippen LogP contribution in [0.1, 0.15) is 11.1 Å². The molecular weight excluding hydrogens is 697 g/mol. The molecule has 0 N–H and O–H groups in total. The molecule has 6 heteroatoms. The Balaban J connectivity index is 1.28. The zero-order valence-corrected chi connectivity index (χ0v) is 31.5. The second-order valence-corrected chi connectivity index (χ2v) is 14.3. The molecule has 0 saturated carbocycles. The molecular formula is C51H36N6. The van der Waals surface area contributed by atoms with Crippen molar-refractivity contribution in [1.29, 1.82) is 0 Å². The first kappa shape index (κ1) is 34.0.